The molecule has 0 spiro atoms. The van der Waals surface area contributed by atoms with Crippen LogP contribution in [-0.4, -0.2) is 4.98 Å². The van der Waals surface area contributed by atoms with Crippen molar-refractivity contribution in [2.45, 2.75) is 6.92 Å². The zero-order valence-corrected chi connectivity index (χ0v) is 11.0. The quantitative estimate of drug-likeness (QED) is 0.661. The number of benzene rings is 1. The molecule has 5 heteroatoms. The standard InChI is InChI=1S/C12H7Cl3FN/c1-6-2-3-7(4-10(6)16)11-8(13)5-9(14)12(15)17-11/h2-5H,1H3. The summed E-state index contributed by atoms with van der Waals surface area (Å²) in [6, 6.07) is 6.25. The smallest absolute Gasteiger partial charge is 0.148 e. The van der Waals surface area contributed by atoms with Crippen molar-refractivity contribution in [2.24, 2.45) is 0 Å². The van der Waals surface area contributed by atoms with E-state index in [2.05, 4.69) is 4.98 Å². The summed E-state index contributed by atoms with van der Waals surface area (Å²) in [6.45, 7) is 1.68. The molecule has 0 amide bonds. The van der Waals surface area contributed by atoms with Crippen LogP contribution in [0.3, 0.4) is 0 Å². The minimum absolute atomic E-state index is 0.145. The zero-order valence-electron chi connectivity index (χ0n) is 8.77. The zero-order chi connectivity index (χ0) is 12.6. The highest BCUT2D eigenvalue weighted by Gasteiger charge is 2.11. The van der Waals surface area contributed by atoms with Crippen molar-refractivity contribution in [3.05, 3.63) is 50.8 Å². The Morgan fingerprint density at radius 2 is 1.76 bits per heavy atom. The second kappa shape index (κ2) is 4.81. The monoisotopic (exact) mass is 289 g/mol. The molecule has 1 aromatic carbocycles. The normalized spacial score (nSPS) is 10.6. The van der Waals surface area contributed by atoms with E-state index >= 15 is 0 Å². The van der Waals surface area contributed by atoms with Crippen molar-refractivity contribution in [3.8, 4) is 11.3 Å². The first-order valence-electron chi connectivity index (χ1n) is 4.77. The Balaban J connectivity index is 2.60. The highest BCUT2D eigenvalue weighted by molar-refractivity contribution is 6.42. The summed E-state index contributed by atoms with van der Waals surface area (Å²) in [5.74, 6) is -0.313. The number of hydrogen-bond acceptors (Lipinski definition) is 1. The molecular weight excluding hydrogens is 283 g/mol. The molecule has 0 unspecified atom stereocenters. The lowest BCUT2D eigenvalue weighted by Gasteiger charge is -2.06. The van der Waals surface area contributed by atoms with Crippen molar-refractivity contribution in [1.29, 1.82) is 0 Å². The Morgan fingerprint density at radius 1 is 1.06 bits per heavy atom. The molecule has 0 saturated heterocycles. The Labute approximate surface area is 113 Å². The average molecular weight is 291 g/mol. The number of hydrogen-bond donors (Lipinski definition) is 0. The molecule has 1 aromatic heterocycles. The van der Waals surface area contributed by atoms with Crippen LogP contribution in [0.2, 0.25) is 15.2 Å². The molecule has 1 heterocycles. The van der Waals surface area contributed by atoms with E-state index < -0.39 is 0 Å². The summed E-state index contributed by atoms with van der Waals surface area (Å²) in [4.78, 5) is 4.05. The molecule has 0 bridgehead atoms. The van der Waals surface area contributed by atoms with Gasteiger partial charge in [0.05, 0.1) is 15.7 Å². The first kappa shape index (κ1) is 12.6. The highest BCUT2D eigenvalue weighted by atomic mass is 35.5. The summed E-state index contributed by atoms with van der Waals surface area (Å²) in [6.07, 6.45) is 0. The lowest BCUT2D eigenvalue weighted by Crippen LogP contribution is -1.89. The number of aryl methyl sites for hydroxylation is 1. The second-order valence-corrected chi connectivity index (χ2v) is 4.73. The van der Waals surface area contributed by atoms with Crippen LogP contribution in [0, 0.1) is 12.7 Å². The van der Waals surface area contributed by atoms with E-state index in [9.17, 15) is 4.39 Å². The van der Waals surface area contributed by atoms with Gasteiger partial charge in [-0.2, -0.15) is 0 Å². The van der Waals surface area contributed by atoms with Gasteiger partial charge in [-0.15, -0.1) is 0 Å². The van der Waals surface area contributed by atoms with Crippen molar-refractivity contribution >= 4 is 34.8 Å². The van der Waals surface area contributed by atoms with Gasteiger partial charge in [-0.3, -0.25) is 0 Å². The van der Waals surface area contributed by atoms with Crippen molar-refractivity contribution in [1.82, 2.24) is 4.98 Å². The van der Waals surface area contributed by atoms with Gasteiger partial charge < -0.3 is 0 Å². The summed E-state index contributed by atoms with van der Waals surface area (Å²) >= 11 is 17.6. The summed E-state index contributed by atoms with van der Waals surface area (Å²) in [5.41, 5.74) is 1.54. The third kappa shape index (κ3) is 2.54. The van der Waals surface area contributed by atoms with Crippen LogP contribution >= 0.6 is 34.8 Å². The topological polar surface area (TPSA) is 12.9 Å². The van der Waals surface area contributed by atoms with Gasteiger partial charge in [0.25, 0.3) is 0 Å². The summed E-state index contributed by atoms with van der Waals surface area (Å²) < 4.78 is 13.4. The summed E-state index contributed by atoms with van der Waals surface area (Å²) in [5, 5.41) is 0.753. The van der Waals surface area contributed by atoms with Crippen LogP contribution in [0.5, 0.6) is 0 Å². The van der Waals surface area contributed by atoms with Gasteiger partial charge in [-0.25, -0.2) is 9.37 Å². The van der Waals surface area contributed by atoms with E-state index in [1.165, 1.54) is 12.1 Å². The van der Waals surface area contributed by atoms with Gasteiger partial charge in [0.2, 0.25) is 0 Å². The third-order valence-electron chi connectivity index (χ3n) is 2.33. The predicted molar refractivity (Wildman–Crippen MR) is 69.4 cm³/mol. The molecular formula is C12H7Cl3FN. The molecule has 0 aliphatic rings. The van der Waals surface area contributed by atoms with Gasteiger partial charge in [0, 0.05) is 5.56 Å². The van der Waals surface area contributed by atoms with Crippen molar-refractivity contribution in [3.63, 3.8) is 0 Å². The van der Waals surface area contributed by atoms with Gasteiger partial charge in [-0.05, 0) is 24.6 Å². The molecule has 0 saturated carbocycles. The fourth-order valence-electron chi connectivity index (χ4n) is 1.39. The highest BCUT2D eigenvalue weighted by Crippen LogP contribution is 2.32. The van der Waals surface area contributed by atoms with E-state index in [-0.39, 0.29) is 16.0 Å². The van der Waals surface area contributed by atoms with E-state index in [1.807, 2.05) is 0 Å². The number of halogens is 4. The Bertz CT molecular complexity index is 584. The Kier molecular flexibility index (Phi) is 3.57. The lowest BCUT2D eigenvalue weighted by atomic mass is 10.1. The fourth-order valence-corrected chi connectivity index (χ4v) is 1.99. The predicted octanol–water partition coefficient (Wildman–Crippen LogP) is 5.16. The van der Waals surface area contributed by atoms with Crippen LogP contribution < -0.4 is 0 Å². The molecule has 0 atom stereocenters. The van der Waals surface area contributed by atoms with Gasteiger partial charge in [0.1, 0.15) is 11.0 Å². The third-order valence-corrected chi connectivity index (χ3v) is 3.29. The van der Waals surface area contributed by atoms with Gasteiger partial charge >= 0.3 is 0 Å². The van der Waals surface area contributed by atoms with Crippen LogP contribution in [0.25, 0.3) is 11.3 Å². The first-order chi connectivity index (χ1) is 7.99. The van der Waals surface area contributed by atoms with Crippen LogP contribution in [0.15, 0.2) is 24.3 Å². The van der Waals surface area contributed by atoms with E-state index in [0.717, 1.165) is 0 Å². The van der Waals surface area contributed by atoms with E-state index in [0.29, 0.717) is 21.8 Å². The first-order valence-corrected chi connectivity index (χ1v) is 5.90. The fraction of sp³-hybridized carbons (Fsp3) is 0.0833. The van der Waals surface area contributed by atoms with Crippen LogP contribution in [0.4, 0.5) is 4.39 Å². The second-order valence-electron chi connectivity index (χ2n) is 3.56. The van der Waals surface area contributed by atoms with Gasteiger partial charge in [-0.1, -0.05) is 46.9 Å². The molecule has 0 radical (unpaired) electrons. The molecule has 0 aliphatic heterocycles. The Morgan fingerprint density at radius 3 is 2.41 bits per heavy atom. The number of aromatic nitrogens is 1. The molecule has 17 heavy (non-hydrogen) atoms. The lowest BCUT2D eigenvalue weighted by molar-refractivity contribution is 0.619. The molecule has 0 fully saturated rings. The van der Waals surface area contributed by atoms with Crippen LogP contribution in [-0.2, 0) is 0 Å². The molecule has 2 aromatic rings. The van der Waals surface area contributed by atoms with Crippen LogP contribution in [0.1, 0.15) is 5.56 Å². The van der Waals surface area contributed by atoms with Crippen molar-refractivity contribution < 1.29 is 4.39 Å². The average Bonchev–Trinajstić information content (AvgIpc) is 2.27. The molecule has 1 nitrogen and oxygen atoms in total. The SMILES string of the molecule is Cc1ccc(-c2nc(Cl)c(Cl)cc2Cl)cc1F. The number of pyridine rings is 1. The maximum atomic E-state index is 13.4. The van der Waals surface area contributed by atoms with Crippen molar-refractivity contribution in [2.75, 3.05) is 0 Å². The summed E-state index contributed by atoms with van der Waals surface area (Å²) in [7, 11) is 0. The van der Waals surface area contributed by atoms with E-state index in [1.54, 1.807) is 19.1 Å². The minimum atomic E-state index is -0.313. The van der Waals surface area contributed by atoms with E-state index in [4.69, 9.17) is 34.8 Å². The minimum Gasteiger partial charge on any atom is -0.233 e. The number of rotatable bonds is 1. The maximum absolute atomic E-state index is 13.4. The molecule has 0 N–H and O–H groups in total. The number of nitrogens with zero attached hydrogens (tertiary/aromatic N) is 1. The molecule has 0 aliphatic carbocycles. The molecule has 2 rings (SSSR count). The molecule has 88 valence electrons. The Hall–Kier alpha value is -0.830. The van der Waals surface area contributed by atoms with Gasteiger partial charge in [0.15, 0.2) is 0 Å². The largest absolute Gasteiger partial charge is 0.233 e. The maximum Gasteiger partial charge on any atom is 0.148 e.